The molecule has 0 saturated heterocycles. The zero-order valence-electron chi connectivity index (χ0n) is 9.06. The summed E-state index contributed by atoms with van der Waals surface area (Å²) in [5.74, 6) is -0.0460. The summed E-state index contributed by atoms with van der Waals surface area (Å²) in [5.41, 5.74) is 0.511. The highest BCUT2D eigenvalue weighted by Crippen LogP contribution is 2.10. The van der Waals surface area contributed by atoms with E-state index in [1.54, 1.807) is 10.3 Å². The highest BCUT2D eigenvalue weighted by Gasteiger charge is 2.15. The van der Waals surface area contributed by atoms with E-state index in [9.17, 15) is 4.79 Å². The normalized spacial score (nSPS) is 10.3. The largest absolute Gasteiger partial charge is 0.396 e. The Balaban J connectivity index is 2.64. The minimum absolute atomic E-state index is 0.0460. The SMILES string of the molecule is CCN(CCCO)C(=O)c1csc(C)n1. The Kier molecular flexibility index (Phi) is 4.71. The number of nitrogens with zero attached hydrogens (tertiary/aromatic N) is 2. The minimum Gasteiger partial charge on any atom is -0.396 e. The van der Waals surface area contributed by atoms with Crippen LogP contribution in [0.3, 0.4) is 0 Å². The van der Waals surface area contributed by atoms with Gasteiger partial charge >= 0.3 is 0 Å². The number of hydrogen-bond acceptors (Lipinski definition) is 4. The van der Waals surface area contributed by atoms with E-state index < -0.39 is 0 Å². The lowest BCUT2D eigenvalue weighted by atomic mass is 10.3. The van der Waals surface area contributed by atoms with Crippen molar-refractivity contribution in [3.05, 3.63) is 16.1 Å². The van der Waals surface area contributed by atoms with Crippen molar-refractivity contribution in [1.29, 1.82) is 0 Å². The van der Waals surface area contributed by atoms with E-state index in [4.69, 9.17) is 5.11 Å². The average molecular weight is 228 g/mol. The Morgan fingerprint density at radius 2 is 2.40 bits per heavy atom. The van der Waals surface area contributed by atoms with Crippen molar-refractivity contribution in [2.75, 3.05) is 19.7 Å². The molecule has 0 aliphatic rings. The van der Waals surface area contributed by atoms with Crippen molar-refractivity contribution in [3.63, 3.8) is 0 Å². The number of amides is 1. The van der Waals surface area contributed by atoms with Gasteiger partial charge in [-0.1, -0.05) is 0 Å². The summed E-state index contributed by atoms with van der Waals surface area (Å²) in [6.07, 6.45) is 0.614. The summed E-state index contributed by atoms with van der Waals surface area (Å²) in [6, 6.07) is 0. The molecule has 0 aliphatic heterocycles. The van der Waals surface area contributed by atoms with Crippen LogP contribution in [0, 0.1) is 6.92 Å². The lowest BCUT2D eigenvalue weighted by molar-refractivity contribution is 0.0749. The number of aryl methyl sites for hydroxylation is 1. The van der Waals surface area contributed by atoms with Crippen LogP contribution in [0.1, 0.15) is 28.8 Å². The molecule has 0 unspecified atom stereocenters. The number of aliphatic hydroxyl groups excluding tert-OH is 1. The molecule has 1 rings (SSSR count). The molecule has 1 heterocycles. The van der Waals surface area contributed by atoms with Crippen molar-refractivity contribution in [3.8, 4) is 0 Å². The van der Waals surface area contributed by atoms with Crippen molar-refractivity contribution in [2.24, 2.45) is 0 Å². The quantitative estimate of drug-likeness (QED) is 0.826. The number of aromatic nitrogens is 1. The second-order valence-electron chi connectivity index (χ2n) is 3.21. The molecule has 0 saturated carbocycles. The molecule has 0 bridgehead atoms. The van der Waals surface area contributed by atoms with Crippen LogP contribution in [0.4, 0.5) is 0 Å². The van der Waals surface area contributed by atoms with Gasteiger partial charge in [0.25, 0.3) is 5.91 Å². The Morgan fingerprint density at radius 1 is 1.67 bits per heavy atom. The van der Waals surface area contributed by atoms with Crippen LogP contribution in [0.25, 0.3) is 0 Å². The van der Waals surface area contributed by atoms with E-state index in [0.29, 0.717) is 25.2 Å². The van der Waals surface area contributed by atoms with E-state index in [1.807, 2.05) is 13.8 Å². The number of carbonyl (C=O) groups is 1. The third-order valence-corrected chi connectivity index (χ3v) is 2.87. The van der Waals surface area contributed by atoms with Crippen LogP contribution in [0.5, 0.6) is 0 Å². The highest BCUT2D eigenvalue weighted by molar-refractivity contribution is 7.09. The topological polar surface area (TPSA) is 53.4 Å². The molecule has 0 aromatic carbocycles. The zero-order valence-corrected chi connectivity index (χ0v) is 9.88. The predicted octanol–water partition coefficient (Wildman–Crippen LogP) is 1.30. The van der Waals surface area contributed by atoms with Crippen molar-refractivity contribution >= 4 is 17.2 Å². The van der Waals surface area contributed by atoms with Crippen LogP contribution in [0.15, 0.2) is 5.38 Å². The molecule has 15 heavy (non-hydrogen) atoms. The molecule has 1 amide bonds. The summed E-state index contributed by atoms with van der Waals surface area (Å²) in [5, 5.41) is 11.4. The van der Waals surface area contributed by atoms with Gasteiger partial charge in [-0.15, -0.1) is 11.3 Å². The third kappa shape index (κ3) is 3.28. The second-order valence-corrected chi connectivity index (χ2v) is 4.28. The molecule has 1 N–H and O–H groups in total. The zero-order chi connectivity index (χ0) is 11.3. The van der Waals surface area contributed by atoms with Crippen LogP contribution >= 0.6 is 11.3 Å². The average Bonchev–Trinajstić information content (AvgIpc) is 2.65. The lowest BCUT2D eigenvalue weighted by Gasteiger charge is -2.18. The molecule has 0 atom stereocenters. The number of thiazole rings is 1. The van der Waals surface area contributed by atoms with Crippen LogP contribution in [-0.2, 0) is 0 Å². The molecule has 0 spiro atoms. The molecular formula is C10H16N2O2S. The van der Waals surface area contributed by atoms with Gasteiger partial charge in [-0.3, -0.25) is 4.79 Å². The van der Waals surface area contributed by atoms with Crippen molar-refractivity contribution in [1.82, 2.24) is 9.88 Å². The number of aliphatic hydroxyl groups is 1. The Hall–Kier alpha value is -0.940. The van der Waals surface area contributed by atoms with Gasteiger partial charge in [0.1, 0.15) is 5.69 Å². The first-order valence-electron chi connectivity index (χ1n) is 5.01. The maximum atomic E-state index is 11.9. The van der Waals surface area contributed by atoms with Gasteiger partial charge in [0.2, 0.25) is 0 Å². The van der Waals surface area contributed by atoms with Gasteiger partial charge < -0.3 is 10.0 Å². The van der Waals surface area contributed by atoms with Gasteiger partial charge in [-0.05, 0) is 20.3 Å². The maximum Gasteiger partial charge on any atom is 0.273 e. The van der Waals surface area contributed by atoms with E-state index >= 15 is 0 Å². The summed E-state index contributed by atoms with van der Waals surface area (Å²) >= 11 is 1.48. The van der Waals surface area contributed by atoms with Crippen LogP contribution in [0.2, 0.25) is 0 Å². The minimum atomic E-state index is -0.0460. The fourth-order valence-corrected chi connectivity index (χ4v) is 1.88. The summed E-state index contributed by atoms with van der Waals surface area (Å²) in [7, 11) is 0. The first-order valence-corrected chi connectivity index (χ1v) is 5.89. The molecule has 1 aromatic rings. The van der Waals surface area contributed by atoms with Gasteiger partial charge in [0.05, 0.1) is 5.01 Å². The Morgan fingerprint density at radius 3 is 2.87 bits per heavy atom. The number of hydrogen-bond donors (Lipinski definition) is 1. The maximum absolute atomic E-state index is 11.9. The van der Waals surface area contributed by atoms with Gasteiger partial charge in [0, 0.05) is 25.1 Å². The van der Waals surface area contributed by atoms with E-state index in [-0.39, 0.29) is 12.5 Å². The first-order chi connectivity index (χ1) is 7.19. The predicted molar refractivity (Wildman–Crippen MR) is 60.1 cm³/mol. The van der Waals surface area contributed by atoms with Crippen LogP contribution in [-0.4, -0.2) is 40.6 Å². The first kappa shape index (κ1) is 12.1. The Bertz CT molecular complexity index is 325. The second kappa shape index (κ2) is 5.82. The molecule has 0 aliphatic carbocycles. The van der Waals surface area contributed by atoms with Crippen molar-refractivity contribution < 1.29 is 9.90 Å². The molecular weight excluding hydrogens is 212 g/mol. The fraction of sp³-hybridized carbons (Fsp3) is 0.600. The third-order valence-electron chi connectivity index (χ3n) is 2.09. The molecule has 4 nitrogen and oxygen atoms in total. The molecule has 0 fully saturated rings. The van der Waals surface area contributed by atoms with Gasteiger partial charge in [-0.25, -0.2) is 4.98 Å². The van der Waals surface area contributed by atoms with Gasteiger partial charge in [-0.2, -0.15) is 0 Å². The number of carbonyl (C=O) groups excluding carboxylic acids is 1. The van der Waals surface area contributed by atoms with Crippen molar-refractivity contribution in [2.45, 2.75) is 20.3 Å². The lowest BCUT2D eigenvalue weighted by Crippen LogP contribution is -2.32. The van der Waals surface area contributed by atoms with E-state index in [2.05, 4.69) is 4.98 Å². The fourth-order valence-electron chi connectivity index (χ4n) is 1.29. The monoisotopic (exact) mass is 228 g/mol. The summed E-state index contributed by atoms with van der Waals surface area (Å²) < 4.78 is 0. The number of rotatable bonds is 5. The highest BCUT2D eigenvalue weighted by atomic mass is 32.1. The molecule has 1 aromatic heterocycles. The van der Waals surface area contributed by atoms with E-state index in [0.717, 1.165) is 5.01 Å². The molecule has 84 valence electrons. The molecule has 5 heteroatoms. The standard InChI is InChI=1S/C10H16N2O2S/c1-3-12(5-4-6-13)10(14)9-7-15-8(2)11-9/h7,13H,3-6H2,1-2H3. The summed E-state index contributed by atoms with van der Waals surface area (Å²) in [4.78, 5) is 17.7. The van der Waals surface area contributed by atoms with Crippen LogP contribution < -0.4 is 0 Å². The molecule has 0 radical (unpaired) electrons. The smallest absolute Gasteiger partial charge is 0.273 e. The Labute approximate surface area is 93.6 Å². The van der Waals surface area contributed by atoms with E-state index in [1.165, 1.54) is 11.3 Å². The summed E-state index contributed by atoms with van der Waals surface area (Å²) in [6.45, 7) is 5.15. The van der Waals surface area contributed by atoms with Gasteiger partial charge in [0.15, 0.2) is 0 Å².